The Bertz CT molecular complexity index is 1290. The lowest BCUT2D eigenvalue weighted by Gasteiger charge is -2.45. The minimum absolute atomic E-state index is 0.0334. The number of likely N-dealkylation sites (tertiary alicyclic amines) is 1. The van der Waals surface area contributed by atoms with Crippen molar-refractivity contribution in [3.05, 3.63) is 101 Å². The number of imide groups is 1. The molecule has 1 aliphatic heterocycles. The fraction of sp³-hybridized carbons (Fsp3) is 0.344. The van der Waals surface area contributed by atoms with Crippen LogP contribution in [0.15, 0.2) is 72.8 Å². The molecule has 37 heavy (non-hydrogen) atoms. The van der Waals surface area contributed by atoms with Crippen molar-refractivity contribution < 1.29 is 19.1 Å². The molecule has 1 fully saturated rings. The fourth-order valence-corrected chi connectivity index (χ4v) is 6.52. The topological polar surface area (TPSA) is 63.7 Å². The van der Waals surface area contributed by atoms with Crippen LogP contribution in [0.2, 0.25) is 0 Å². The second kappa shape index (κ2) is 8.69. The average molecular weight is 494 g/mol. The van der Waals surface area contributed by atoms with Crippen molar-refractivity contribution >= 4 is 17.8 Å². The predicted molar refractivity (Wildman–Crippen MR) is 140 cm³/mol. The Kier molecular flexibility index (Phi) is 5.55. The molecule has 0 spiro atoms. The summed E-state index contributed by atoms with van der Waals surface area (Å²) < 4.78 is 5.53. The molecule has 2 bridgehead atoms. The molecule has 188 valence electrons. The molecular formula is C32H31NO4. The van der Waals surface area contributed by atoms with E-state index in [9.17, 15) is 14.4 Å². The van der Waals surface area contributed by atoms with E-state index in [1.54, 1.807) is 12.1 Å². The Balaban J connectivity index is 1.19. The van der Waals surface area contributed by atoms with Gasteiger partial charge in [0, 0.05) is 18.4 Å². The number of amides is 2. The van der Waals surface area contributed by atoms with Gasteiger partial charge in [0.1, 0.15) is 5.75 Å². The number of hydrogen-bond acceptors (Lipinski definition) is 4. The Morgan fingerprint density at radius 2 is 1.24 bits per heavy atom. The summed E-state index contributed by atoms with van der Waals surface area (Å²) in [5.74, 6) is -1.45. The third-order valence-electron chi connectivity index (χ3n) is 8.83. The van der Waals surface area contributed by atoms with E-state index < -0.39 is 17.8 Å². The number of benzene rings is 3. The highest BCUT2D eigenvalue weighted by molar-refractivity contribution is 6.07. The molecule has 0 N–H and O–H groups in total. The van der Waals surface area contributed by atoms with Crippen molar-refractivity contribution in [3.8, 4) is 5.75 Å². The molecule has 1 heterocycles. The van der Waals surface area contributed by atoms with Crippen molar-refractivity contribution in [2.75, 3.05) is 6.54 Å². The van der Waals surface area contributed by atoms with Crippen LogP contribution in [0.3, 0.4) is 0 Å². The van der Waals surface area contributed by atoms with Crippen molar-refractivity contribution in [2.45, 2.75) is 50.9 Å². The summed E-state index contributed by atoms with van der Waals surface area (Å²) in [4.78, 5) is 41.3. The first-order chi connectivity index (χ1) is 17.8. The third kappa shape index (κ3) is 3.63. The zero-order valence-corrected chi connectivity index (χ0v) is 21.4. The van der Waals surface area contributed by atoms with Gasteiger partial charge in [-0.1, -0.05) is 81.4 Å². The van der Waals surface area contributed by atoms with Gasteiger partial charge in [-0.05, 0) is 51.8 Å². The quantitative estimate of drug-likeness (QED) is 0.256. The standard InChI is InChI=1S/C32H31NO4/c1-4-32(2,3)19-13-15-20(16-14-19)37-25(34)17-18-33-30(35)28-26-21-9-5-6-10-22(21)27(29(28)31(33)36)24-12-8-7-11-23(24)26/h5-16,26-29H,4,17-18H2,1-3H3/t26?,27?,28-,29-/m0/s1. The first-order valence-electron chi connectivity index (χ1n) is 13.2. The van der Waals surface area contributed by atoms with Gasteiger partial charge in [0.2, 0.25) is 11.8 Å². The number of hydrogen-bond donors (Lipinski definition) is 0. The smallest absolute Gasteiger partial charge is 0.312 e. The van der Waals surface area contributed by atoms with E-state index in [1.807, 2.05) is 36.4 Å². The second-order valence-electron chi connectivity index (χ2n) is 11.1. The van der Waals surface area contributed by atoms with Gasteiger partial charge in [-0.3, -0.25) is 19.3 Å². The van der Waals surface area contributed by atoms with E-state index in [-0.39, 0.29) is 42.0 Å². The summed E-state index contributed by atoms with van der Waals surface area (Å²) in [5.41, 5.74) is 5.81. The maximum Gasteiger partial charge on any atom is 0.312 e. The monoisotopic (exact) mass is 493 g/mol. The number of nitrogens with zero attached hydrogens (tertiary/aromatic N) is 1. The van der Waals surface area contributed by atoms with E-state index >= 15 is 0 Å². The summed E-state index contributed by atoms with van der Waals surface area (Å²) >= 11 is 0. The molecule has 0 radical (unpaired) electrons. The van der Waals surface area contributed by atoms with Crippen LogP contribution in [0.25, 0.3) is 0 Å². The molecule has 2 amide bonds. The lowest BCUT2D eigenvalue weighted by molar-refractivity contribution is -0.141. The molecule has 0 unspecified atom stereocenters. The Morgan fingerprint density at radius 3 is 1.68 bits per heavy atom. The van der Waals surface area contributed by atoms with Crippen LogP contribution >= 0.6 is 0 Å². The van der Waals surface area contributed by atoms with Crippen LogP contribution in [0.5, 0.6) is 5.75 Å². The number of esters is 1. The van der Waals surface area contributed by atoms with Gasteiger partial charge in [-0.15, -0.1) is 0 Å². The highest BCUT2D eigenvalue weighted by Crippen LogP contribution is 2.60. The summed E-state index contributed by atoms with van der Waals surface area (Å²) in [7, 11) is 0. The van der Waals surface area contributed by atoms with Crippen LogP contribution in [0, 0.1) is 11.8 Å². The van der Waals surface area contributed by atoms with Gasteiger partial charge in [-0.2, -0.15) is 0 Å². The summed E-state index contributed by atoms with van der Waals surface area (Å²) in [5, 5.41) is 0. The first-order valence-corrected chi connectivity index (χ1v) is 13.2. The summed E-state index contributed by atoms with van der Waals surface area (Å²) in [6.07, 6.45) is 0.970. The van der Waals surface area contributed by atoms with Crippen LogP contribution < -0.4 is 4.74 Å². The number of rotatable bonds is 6. The number of carbonyl (C=O) groups excluding carboxylic acids is 3. The molecule has 5 heteroatoms. The highest BCUT2D eigenvalue weighted by atomic mass is 16.5. The van der Waals surface area contributed by atoms with Gasteiger partial charge in [0.25, 0.3) is 0 Å². The number of carbonyl (C=O) groups is 3. The fourth-order valence-electron chi connectivity index (χ4n) is 6.52. The van der Waals surface area contributed by atoms with Gasteiger partial charge < -0.3 is 4.74 Å². The predicted octanol–water partition coefficient (Wildman–Crippen LogP) is 5.56. The van der Waals surface area contributed by atoms with Gasteiger partial charge in [0.05, 0.1) is 18.3 Å². The minimum atomic E-state index is -0.451. The molecule has 3 aromatic carbocycles. The molecule has 3 aliphatic carbocycles. The molecule has 3 aromatic rings. The van der Waals surface area contributed by atoms with Gasteiger partial charge >= 0.3 is 5.97 Å². The number of ether oxygens (including phenoxy) is 1. The van der Waals surface area contributed by atoms with E-state index in [4.69, 9.17) is 4.74 Å². The zero-order valence-electron chi connectivity index (χ0n) is 21.4. The molecule has 0 aromatic heterocycles. The van der Waals surface area contributed by atoms with Crippen LogP contribution in [0.4, 0.5) is 0 Å². The first kappa shape index (κ1) is 23.7. The molecule has 5 nitrogen and oxygen atoms in total. The second-order valence-corrected chi connectivity index (χ2v) is 11.1. The Labute approximate surface area is 217 Å². The molecule has 2 atom stereocenters. The molecule has 4 aliphatic rings. The normalized spacial score (nSPS) is 23.5. The summed E-state index contributed by atoms with van der Waals surface area (Å²) in [6.45, 7) is 6.54. The molecule has 7 rings (SSSR count). The van der Waals surface area contributed by atoms with Crippen molar-refractivity contribution in [2.24, 2.45) is 11.8 Å². The van der Waals surface area contributed by atoms with E-state index in [2.05, 4.69) is 45.0 Å². The third-order valence-corrected chi connectivity index (χ3v) is 8.83. The average Bonchev–Trinajstić information content (AvgIpc) is 3.17. The van der Waals surface area contributed by atoms with E-state index in [1.165, 1.54) is 10.5 Å². The van der Waals surface area contributed by atoms with E-state index in [0.717, 1.165) is 28.7 Å². The lowest BCUT2D eigenvalue weighted by Crippen LogP contribution is -2.41. The summed E-state index contributed by atoms with van der Waals surface area (Å²) in [6, 6.07) is 23.9. The molecule has 0 saturated carbocycles. The van der Waals surface area contributed by atoms with Gasteiger partial charge in [0.15, 0.2) is 0 Å². The van der Waals surface area contributed by atoms with Crippen molar-refractivity contribution in [1.82, 2.24) is 4.90 Å². The van der Waals surface area contributed by atoms with Crippen LogP contribution in [-0.2, 0) is 19.8 Å². The molecule has 1 saturated heterocycles. The lowest BCUT2D eigenvalue weighted by atomic mass is 9.55. The van der Waals surface area contributed by atoms with Crippen LogP contribution in [0.1, 0.15) is 73.3 Å². The minimum Gasteiger partial charge on any atom is -0.426 e. The largest absolute Gasteiger partial charge is 0.426 e. The Hall–Kier alpha value is -3.73. The maximum atomic E-state index is 13.6. The van der Waals surface area contributed by atoms with Gasteiger partial charge in [-0.25, -0.2) is 0 Å². The Morgan fingerprint density at radius 1 is 0.784 bits per heavy atom. The zero-order chi connectivity index (χ0) is 25.9. The SMILES string of the molecule is CCC(C)(C)c1ccc(OC(=O)CCN2C(=O)[C@H]3C4c5ccccc5C(c5ccccc54)[C@@H]3C2=O)cc1. The maximum absolute atomic E-state index is 13.6. The van der Waals surface area contributed by atoms with E-state index in [0.29, 0.717) is 5.75 Å². The molecular weight excluding hydrogens is 462 g/mol. The van der Waals surface area contributed by atoms with Crippen molar-refractivity contribution in [1.29, 1.82) is 0 Å². The van der Waals surface area contributed by atoms with Crippen molar-refractivity contribution in [3.63, 3.8) is 0 Å². The highest BCUT2D eigenvalue weighted by Gasteiger charge is 2.61. The van der Waals surface area contributed by atoms with Crippen LogP contribution in [-0.4, -0.2) is 29.2 Å².